The molecule has 1 aromatic rings. The van der Waals surface area contributed by atoms with E-state index >= 15 is 0 Å². The number of pyridine rings is 1. The lowest BCUT2D eigenvalue weighted by Gasteiger charge is -1.95. The highest BCUT2D eigenvalue weighted by Crippen LogP contribution is 2.04. The van der Waals surface area contributed by atoms with Crippen LogP contribution in [0, 0.1) is 6.92 Å². The molecular formula is C11H13NO2. The first-order valence-electron chi connectivity index (χ1n) is 4.37. The van der Waals surface area contributed by atoms with Crippen LogP contribution in [0.4, 0.5) is 0 Å². The van der Waals surface area contributed by atoms with Crippen molar-refractivity contribution in [1.82, 2.24) is 4.98 Å². The number of methoxy groups -OCH3 is 1. The predicted molar refractivity (Wildman–Crippen MR) is 54.6 cm³/mol. The molecule has 1 rings (SSSR count). The minimum atomic E-state index is -0.234. The Labute approximate surface area is 83.4 Å². The van der Waals surface area contributed by atoms with E-state index in [0.717, 1.165) is 11.1 Å². The fraction of sp³-hybridized carbons (Fsp3) is 0.273. The fourth-order valence-corrected chi connectivity index (χ4v) is 1.04. The molecule has 0 bridgehead atoms. The summed E-state index contributed by atoms with van der Waals surface area (Å²) < 4.78 is 4.51. The second-order valence-electron chi connectivity index (χ2n) is 2.98. The van der Waals surface area contributed by atoms with Crippen molar-refractivity contribution in [3.8, 4) is 0 Å². The highest BCUT2D eigenvalue weighted by Gasteiger charge is 1.94. The summed E-state index contributed by atoms with van der Waals surface area (Å²) in [5.41, 5.74) is 2.10. The zero-order chi connectivity index (χ0) is 10.4. The number of hydrogen-bond donors (Lipinski definition) is 0. The number of nitrogens with zero attached hydrogens (tertiary/aromatic N) is 1. The van der Waals surface area contributed by atoms with Crippen LogP contribution in [0.2, 0.25) is 0 Å². The van der Waals surface area contributed by atoms with Crippen molar-refractivity contribution in [3.05, 3.63) is 35.7 Å². The third-order valence-corrected chi connectivity index (χ3v) is 1.72. The van der Waals surface area contributed by atoms with Crippen LogP contribution in [0.15, 0.2) is 24.5 Å². The molecule has 0 fully saturated rings. The second kappa shape index (κ2) is 5.17. The number of hydrogen-bond acceptors (Lipinski definition) is 3. The minimum absolute atomic E-state index is 0.234. The molecule has 0 spiro atoms. The summed E-state index contributed by atoms with van der Waals surface area (Å²) in [5.74, 6) is -0.234. The van der Waals surface area contributed by atoms with Crippen molar-refractivity contribution < 1.29 is 9.53 Å². The van der Waals surface area contributed by atoms with Gasteiger partial charge in [0.25, 0.3) is 0 Å². The van der Waals surface area contributed by atoms with Gasteiger partial charge in [-0.3, -0.25) is 9.78 Å². The number of carbonyl (C=O) groups is 1. The van der Waals surface area contributed by atoms with Crippen molar-refractivity contribution in [2.45, 2.75) is 13.3 Å². The molecule has 0 saturated carbocycles. The molecule has 0 radical (unpaired) electrons. The highest BCUT2D eigenvalue weighted by atomic mass is 16.5. The standard InChI is InChI=1S/C11H13NO2/c1-9-6-10(8-12-7-9)4-3-5-11(13)14-2/h3-4,6-8H,5H2,1-2H3. The van der Waals surface area contributed by atoms with E-state index in [1.165, 1.54) is 7.11 Å². The predicted octanol–water partition coefficient (Wildman–Crippen LogP) is 1.97. The molecule has 0 N–H and O–H groups in total. The normalized spacial score (nSPS) is 10.4. The Morgan fingerprint density at radius 2 is 2.36 bits per heavy atom. The Kier molecular flexibility index (Phi) is 3.85. The number of rotatable bonds is 3. The van der Waals surface area contributed by atoms with Gasteiger partial charge in [-0.15, -0.1) is 0 Å². The zero-order valence-corrected chi connectivity index (χ0v) is 8.36. The lowest BCUT2D eigenvalue weighted by molar-refractivity contribution is -0.139. The van der Waals surface area contributed by atoms with E-state index in [2.05, 4.69) is 9.72 Å². The third kappa shape index (κ3) is 3.39. The Morgan fingerprint density at radius 1 is 1.57 bits per heavy atom. The maximum atomic E-state index is 10.8. The summed E-state index contributed by atoms with van der Waals surface area (Å²) in [4.78, 5) is 14.8. The van der Waals surface area contributed by atoms with E-state index in [1.807, 2.05) is 19.1 Å². The van der Waals surface area contributed by atoms with Crippen molar-refractivity contribution in [3.63, 3.8) is 0 Å². The number of carbonyl (C=O) groups excluding carboxylic acids is 1. The first kappa shape index (κ1) is 10.4. The van der Waals surface area contributed by atoms with Gasteiger partial charge in [-0.05, 0) is 24.1 Å². The summed E-state index contributed by atoms with van der Waals surface area (Å²) >= 11 is 0. The molecule has 3 nitrogen and oxygen atoms in total. The molecular weight excluding hydrogens is 178 g/mol. The molecule has 3 heteroatoms. The van der Waals surface area contributed by atoms with Crippen LogP contribution < -0.4 is 0 Å². The lowest BCUT2D eigenvalue weighted by Crippen LogP contribution is -1.96. The van der Waals surface area contributed by atoms with E-state index in [0.29, 0.717) is 6.42 Å². The van der Waals surface area contributed by atoms with Crippen LogP contribution >= 0.6 is 0 Å². The minimum Gasteiger partial charge on any atom is -0.469 e. The molecule has 0 unspecified atom stereocenters. The van der Waals surface area contributed by atoms with Gasteiger partial charge in [-0.25, -0.2) is 0 Å². The van der Waals surface area contributed by atoms with E-state index in [9.17, 15) is 4.79 Å². The third-order valence-electron chi connectivity index (χ3n) is 1.72. The summed E-state index contributed by atoms with van der Waals surface area (Å²) in [7, 11) is 1.38. The molecule has 14 heavy (non-hydrogen) atoms. The maximum Gasteiger partial charge on any atom is 0.309 e. The van der Waals surface area contributed by atoms with Gasteiger partial charge in [-0.1, -0.05) is 12.2 Å². The largest absolute Gasteiger partial charge is 0.469 e. The van der Waals surface area contributed by atoms with E-state index in [-0.39, 0.29) is 5.97 Å². The summed E-state index contributed by atoms with van der Waals surface area (Å²) in [5, 5.41) is 0. The van der Waals surface area contributed by atoms with Crippen molar-refractivity contribution in [2.75, 3.05) is 7.11 Å². The van der Waals surface area contributed by atoms with E-state index < -0.39 is 0 Å². The molecule has 0 aliphatic rings. The van der Waals surface area contributed by atoms with E-state index in [4.69, 9.17) is 0 Å². The number of aryl methyl sites for hydroxylation is 1. The van der Waals surface area contributed by atoms with Gasteiger partial charge < -0.3 is 4.74 Å². The molecule has 0 atom stereocenters. The molecule has 1 aromatic heterocycles. The van der Waals surface area contributed by atoms with Crippen molar-refractivity contribution >= 4 is 12.0 Å². The molecule has 0 saturated heterocycles. The summed E-state index contributed by atoms with van der Waals surface area (Å²) in [6.45, 7) is 1.98. The second-order valence-corrected chi connectivity index (χ2v) is 2.98. The van der Waals surface area contributed by atoms with Crippen LogP contribution in [0.3, 0.4) is 0 Å². The number of esters is 1. The molecule has 74 valence electrons. The molecule has 0 aromatic carbocycles. The molecule has 0 aliphatic carbocycles. The van der Waals surface area contributed by atoms with Crippen LogP contribution in [-0.4, -0.2) is 18.1 Å². The average molecular weight is 191 g/mol. The Morgan fingerprint density at radius 3 is 3.00 bits per heavy atom. The first-order valence-corrected chi connectivity index (χ1v) is 4.37. The van der Waals surface area contributed by atoms with Crippen LogP contribution in [0.5, 0.6) is 0 Å². The number of aromatic nitrogens is 1. The summed E-state index contributed by atoms with van der Waals surface area (Å²) in [6.07, 6.45) is 7.46. The van der Waals surface area contributed by atoms with Crippen LogP contribution in [0.1, 0.15) is 17.5 Å². The maximum absolute atomic E-state index is 10.8. The molecule has 1 heterocycles. The highest BCUT2D eigenvalue weighted by molar-refractivity contribution is 5.72. The molecule has 0 aliphatic heterocycles. The van der Waals surface area contributed by atoms with Crippen LogP contribution in [-0.2, 0) is 9.53 Å². The topological polar surface area (TPSA) is 39.2 Å². The van der Waals surface area contributed by atoms with Gasteiger partial charge in [0.15, 0.2) is 0 Å². The van der Waals surface area contributed by atoms with E-state index in [1.54, 1.807) is 18.5 Å². The zero-order valence-electron chi connectivity index (χ0n) is 8.36. The Bertz CT molecular complexity index is 345. The first-order chi connectivity index (χ1) is 6.72. The SMILES string of the molecule is COC(=O)CC=Cc1cncc(C)c1. The smallest absolute Gasteiger partial charge is 0.309 e. The summed E-state index contributed by atoms with van der Waals surface area (Å²) in [6, 6.07) is 2.00. The molecule has 0 amide bonds. The van der Waals surface area contributed by atoms with Crippen molar-refractivity contribution in [2.24, 2.45) is 0 Å². The van der Waals surface area contributed by atoms with Gasteiger partial charge in [0, 0.05) is 12.4 Å². The Hall–Kier alpha value is -1.64. The van der Waals surface area contributed by atoms with Gasteiger partial charge in [0.1, 0.15) is 0 Å². The lowest BCUT2D eigenvalue weighted by atomic mass is 10.2. The van der Waals surface area contributed by atoms with Gasteiger partial charge in [0.05, 0.1) is 13.5 Å². The van der Waals surface area contributed by atoms with Gasteiger partial charge in [-0.2, -0.15) is 0 Å². The monoisotopic (exact) mass is 191 g/mol. The van der Waals surface area contributed by atoms with Gasteiger partial charge >= 0.3 is 5.97 Å². The quantitative estimate of drug-likeness (QED) is 0.685. The van der Waals surface area contributed by atoms with Crippen LogP contribution in [0.25, 0.3) is 6.08 Å². The average Bonchev–Trinajstić information content (AvgIpc) is 2.17. The van der Waals surface area contributed by atoms with Crippen molar-refractivity contribution in [1.29, 1.82) is 0 Å². The van der Waals surface area contributed by atoms with Gasteiger partial charge in [0.2, 0.25) is 0 Å². The fourth-order valence-electron chi connectivity index (χ4n) is 1.04. The number of ether oxygens (including phenoxy) is 1. The Balaban J connectivity index is 2.56.